The molecule has 54 valence electrons. The van der Waals surface area contributed by atoms with E-state index < -0.39 is 0 Å². The first-order valence-corrected chi connectivity index (χ1v) is 3.66. The molecule has 0 spiro atoms. The van der Waals surface area contributed by atoms with Gasteiger partial charge in [-0.1, -0.05) is 0 Å². The molecule has 0 aliphatic rings. The van der Waals surface area contributed by atoms with Gasteiger partial charge in [0.1, 0.15) is 11.5 Å². The summed E-state index contributed by atoms with van der Waals surface area (Å²) in [6.45, 7) is 3.57. The first-order valence-electron chi connectivity index (χ1n) is 2.87. The van der Waals surface area contributed by atoms with Crippen LogP contribution in [0.5, 0.6) is 0 Å². The predicted molar refractivity (Wildman–Crippen MR) is 41.3 cm³/mol. The van der Waals surface area contributed by atoms with Crippen LogP contribution in [0.1, 0.15) is 21.9 Å². The van der Waals surface area contributed by atoms with E-state index >= 15 is 0 Å². The fraction of sp³-hybridized carbons (Fsp3) is 0.286. The van der Waals surface area contributed by atoms with E-state index in [0.29, 0.717) is 11.3 Å². The molecule has 1 heterocycles. The van der Waals surface area contributed by atoms with Crippen LogP contribution in [0.2, 0.25) is 0 Å². The smallest absolute Gasteiger partial charge is 0.154 e. The van der Waals surface area contributed by atoms with E-state index in [-0.39, 0.29) is 0 Å². The number of rotatable bonds is 1. The summed E-state index contributed by atoms with van der Waals surface area (Å²) in [5.41, 5.74) is 0.609. The number of furan rings is 1. The Hall–Kier alpha value is -0.570. The molecule has 2 nitrogen and oxygen atoms in total. The first-order chi connectivity index (χ1) is 4.66. The number of aldehydes is 1. The summed E-state index contributed by atoms with van der Waals surface area (Å²) in [6.07, 6.45) is 0.788. The van der Waals surface area contributed by atoms with E-state index in [1.165, 1.54) is 0 Å². The van der Waals surface area contributed by atoms with Crippen molar-refractivity contribution in [3.05, 3.63) is 21.6 Å². The summed E-state index contributed by atoms with van der Waals surface area (Å²) in [5, 5.41) is 0. The lowest BCUT2D eigenvalue weighted by Gasteiger charge is -1.82. The third-order valence-electron chi connectivity index (χ3n) is 1.35. The van der Waals surface area contributed by atoms with Crippen molar-refractivity contribution in [3.63, 3.8) is 0 Å². The lowest BCUT2D eigenvalue weighted by Crippen LogP contribution is -1.78. The largest absolute Gasteiger partial charge is 0.465 e. The van der Waals surface area contributed by atoms with E-state index in [0.717, 1.165) is 16.5 Å². The van der Waals surface area contributed by atoms with E-state index in [4.69, 9.17) is 4.42 Å². The fourth-order valence-electron chi connectivity index (χ4n) is 0.808. The van der Waals surface area contributed by atoms with Gasteiger partial charge in [-0.15, -0.1) is 0 Å². The summed E-state index contributed by atoms with van der Waals surface area (Å²) >= 11 is 3.24. The summed E-state index contributed by atoms with van der Waals surface area (Å²) in [5.74, 6) is 1.42. The first kappa shape index (κ1) is 7.54. The molecule has 0 fully saturated rings. The molecular weight excluding hydrogens is 196 g/mol. The van der Waals surface area contributed by atoms with Crippen molar-refractivity contribution in [2.75, 3.05) is 0 Å². The number of hydrogen-bond donors (Lipinski definition) is 0. The van der Waals surface area contributed by atoms with Gasteiger partial charge in [-0.3, -0.25) is 4.79 Å². The van der Waals surface area contributed by atoms with Crippen LogP contribution in [0, 0.1) is 13.8 Å². The molecule has 1 aromatic heterocycles. The lowest BCUT2D eigenvalue weighted by molar-refractivity contribution is 0.112. The monoisotopic (exact) mass is 202 g/mol. The van der Waals surface area contributed by atoms with Crippen LogP contribution in [0.4, 0.5) is 0 Å². The Morgan fingerprint density at radius 1 is 1.40 bits per heavy atom. The van der Waals surface area contributed by atoms with E-state index in [2.05, 4.69) is 15.9 Å². The van der Waals surface area contributed by atoms with E-state index in [1.807, 2.05) is 6.92 Å². The highest BCUT2D eigenvalue weighted by Gasteiger charge is 2.10. The molecule has 0 bridgehead atoms. The zero-order chi connectivity index (χ0) is 7.72. The molecule has 0 aliphatic heterocycles. The minimum atomic E-state index is 0.609. The van der Waals surface area contributed by atoms with Crippen molar-refractivity contribution < 1.29 is 9.21 Å². The molecule has 0 saturated carbocycles. The summed E-state index contributed by atoms with van der Waals surface area (Å²) < 4.78 is 5.92. The van der Waals surface area contributed by atoms with E-state index in [1.54, 1.807) is 6.92 Å². The average molecular weight is 203 g/mol. The van der Waals surface area contributed by atoms with Crippen LogP contribution < -0.4 is 0 Å². The topological polar surface area (TPSA) is 30.2 Å². The molecule has 1 aromatic rings. The average Bonchev–Trinajstić information content (AvgIpc) is 2.09. The van der Waals surface area contributed by atoms with Gasteiger partial charge in [0.2, 0.25) is 0 Å². The highest BCUT2D eigenvalue weighted by Crippen LogP contribution is 2.25. The molecular formula is C7H7BrO2. The van der Waals surface area contributed by atoms with Crippen LogP contribution in [0.3, 0.4) is 0 Å². The van der Waals surface area contributed by atoms with Crippen LogP contribution in [0.15, 0.2) is 8.89 Å². The Labute approximate surface area is 67.3 Å². The molecule has 0 atom stereocenters. The van der Waals surface area contributed by atoms with Gasteiger partial charge in [0.25, 0.3) is 0 Å². The lowest BCUT2D eigenvalue weighted by atomic mass is 10.3. The Bertz CT molecular complexity index is 263. The van der Waals surface area contributed by atoms with Crippen LogP contribution in [-0.4, -0.2) is 6.29 Å². The molecule has 0 amide bonds. The predicted octanol–water partition coefficient (Wildman–Crippen LogP) is 2.47. The molecule has 0 aromatic carbocycles. The van der Waals surface area contributed by atoms with Gasteiger partial charge in [-0.25, -0.2) is 0 Å². The maximum absolute atomic E-state index is 10.4. The molecule has 0 radical (unpaired) electrons. The Balaban J connectivity index is 3.33. The third-order valence-corrected chi connectivity index (χ3v) is 2.33. The van der Waals surface area contributed by atoms with Gasteiger partial charge in [0, 0.05) is 0 Å². The molecule has 0 unspecified atom stereocenters. The van der Waals surface area contributed by atoms with Gasteiger partial charge in [-0.05, 0) is 29.8 Å². The summed E-state index contributed by atoms with van der Waals surface area (Å²) in [6, 6.07) is 0. The highest BCUT2D eigenvalue weighted by atomic mass is 79.9. The fourth-order valence-corrected chi connectivity index (χ4v) is 1.26. The summed E-state index contributed by atoms with van der Waals surface area (Å²) in [7, 11) is 0. The maximum Gasteiger partial charge on any atom is 0.154 e. The van der Waals surface area contributed by atoms with Gasteiger partial charge in [0.05, 0.1) is 10.0 Å². The number of aryl methyl sites for hydroxylation is 2. The molecule has 10 heavy (non-hydrogen) atoms. The minimum absolute atomic E-state index is 0.609. The van der Waals surface area contributed by atoms with Gasteiger partial charge in [-0.2, -0.15) is 0 Å². The summed E-state index contributed by atoms with van der Waals surface area (Å²) in [4.78, 5) is 10.4. The second kappa shape index (κ2) is 2.58. The highest BCUT2D eigenvalue weighted by molar-refractivity contribution is 9.10. The zero-order valence-electron chi connectivity index (χ0n) is 5.77. The quantitative estimate of drug-likeness (QED) is 0.656. The zero-order valence-corrected chi connectivity index (χ0v) is 7.36. The Morgan fingerprint density at radius 3 is 2.20 bits per heavy atom. The van der Waals surface area contributed by atoms with Crippen LogP contribution in [0.25, 0.3) is 0 Å². The molecule has 0 aliphatic carbocycles. The van der Waals surface area contributed by atoms with Crippen molar-refractivity contribution in [3.8, 4) is 0 Å². The van der Waals surface area contributed by atoms with Crippen molar-refractivity contribution >= 4 is 22.2 Å². The maximum atomic E-state index is 10.4. The van der Waals surface area contributed by atoms with Crippen molar-refractivity contribution in [2.24, 2.45) is 0 Å². The molecule has 0 saturated heterocycles. The second-order valence-electron chi connectivity index (χ2n) is 2.06. The van der Waals surface area contributed by atoms with Crippen molar-refractivity contribution in [1.29, 1.82) is 0 Å². The van der Waals surface area contributed by atoms with Crippen LogP contribution >= 0.6 is 15.9 Å². The third kappa shape index (κ3) is 1.01. The normalized spacial score (nSPS) is 9.90. The number of carbonyl (C=O) groups excluding carboxylic acids is 1. The Morgan fingerprint density at radius 2 is 2.00 bits per heavy atom. The number of halogens is 1. The van der Waals surface area contributed by atoms with Crippen LogP contribution in [-0.2, 0) is 0 Å². The van der Waals surface area contributed by atoms with Crippen molar-refractivity contribution in [2.45, 2.75) is 13.8 Å². The molecule has 1 rings (SSSR count). The standard InChI is InChI=1S/C7H7BrO2/c1-4-6(3-9)7(8)5(2)10-4/h3H,1-2H3. The van der Waals surface area contributed by atoms with Gasteiger partial charge >= 0.3 is 0 Å². The van der Waals surface area contributed by atoms with E-state index in [9.17, 15) is 4.79 Å². The minimum Gasteiger partial charge on any atom is -0.465 e. The number of carbonyl (C=O) groups is 1. The van der Waals surface area contributed by atoms with Crippen molar-refractivity contribution in [1.82, 2.24) is 0 Å². The SMILES string of the molecule is Cc1oc(C)c(C=O)c1Br. The van der Waals surface area contributed by atoms with Gasteiger partial charge < -0.3 is 4.42 Å². The molecule has 3 heteroatoms. The number of hydrogen-bond acceptors (Lipinski definition) is 2. The van der Waals surface area contributed by atoms with Gasteiger partial charge in [0.15, 0.2) is 6.29 Å². The Kier molecular flexibility index (Phi) is 1.94. The molecule has 0 N–H and O–H groups in total. The second-order valence-corrected chi connectivity index (χ2v) is 2.85.